The zero-order valence-electron chi connectivity index (χ0n) is 11.6. The molecule has 1 aliphatic heterocycles. The van der Waals surface area contributed by atoms with Crippen molar-refractivity contribution in [3.05, 3.63) is 24.3 Å². The lowest BCUT2D eigenvalue weighted by molar-refractivity contribution is -0.134. The van der Waals surface area contributed by atoms with Crippen LogP contribution in [0.25, 0.3) is 0 Å². The number of piperidine rings is 1. The molecule has 1 fully saturated rings. The second-order valence-electron chi connectivity index (χ2n) is 4.67. The molecule has 0 saturated carbocycles. The van der Waals surface area contributed by atoms with Crippen molar-refractivity contribution in [3.8, 4) is 11.5 Å². The van der Waals surface area contributed by atoms with E-state index in [1.54, 1.807) is 12.0 Å². The Morgan fingerprint density at radius 3 is 2.50 bits per heavy atom. The topological polar surface area (TPSA) is 55.8 Å². The van der Waals surface area contributed by atoms with Gasteiger partial charge >= 0.3 is 0 Å². The monoisotopic (exact) mass is 277 g/mol. The lowest BCUT2D eigenvalue weighted by atomic mass is 10.1. The molecule has 1 aromatic carbocycles. The van der Waals surface area contributed by atoms with Gasteiger partial charge in [0.15, 0.2) is 11.5 Å². The number of benzene rings is 1. The molecule has 1 aromatic rings. The number of Topliss-reactive ketones (excluding diaryl/α,β-unsaturated/α-hetero) is 1. The van der Waals surface area contributed by atoms with Crippen LogP contribution in [0.15, 0.2) is 24.3 Å². The molecule has 0 unspecified atom stereocenters. The molecule has 5 nitrogen and oxygen atoms in total. The number of rotatable bonds is 5. The fourth-order valence-electron chi connectivity index (χ4n) is 2.15. The Morgan fingerprint density at radius 1 is 1.20 bits per heavy atom. The number of carbonyl (C=O) groups is 2. The lowest BCUT2D eigenvalue weighted by Crippen LogP contribution is -2.39. The van der Waals surface area contributed by atoms with Crippen LogP contribution in [0, 0.1) is 0 Å². The van der Waals surface area contributed by atoms with Gasteiger partial charge in [-0.1, -0.05) is 12.1 Å². The third-order valence-electron chi connectivity index (χ3n) is 3.32. The molecule has 0 atom stereocenters. The van der Waals surface area contributed by atoms with E-state index in [0.717, 1.165) is 0 Å². The first-order valence-electron chi connectivity index (χ1n) is 6.76. The van der Waals surface area contributed by atoms with E-state index in [-0.39, 0.29) is 11.7 Å². The van der Waals surface area contributed by atoms with Crippen molar-refractivity contribution in [1.29, 1.82) is 0 Å². The van der Waals surface area contributed by atoms with Crippen LogP contribution >= 0.6 is 0 Å². The summed E-state index contributed by atoms with van der Waals surface area (Å²) in [6.45, 7) is 1.38. The van der Waals surface area contributed by atoms with Gasteiger partial charge in [-0.05, 0) is 12.1 Å². The number of methoxy groups -OCH3 is 1. The molecule has 20 heavy (non-hydrogen) atoms. The van der Waals surface area contributed by atoms with E-state index < -0.39 is 0 Å². The first kappa shape index (κ1) is 14.4. The number of amides is 1. The first-order chi connectivity index (χ1) is 9.70. The Labute approximate surface area is 118 Å². The van der Waals surface area contributed by atoms with E-state index in [0.29, 0.717) is 50.5 Å². The van der Waals surface area contributed by atoms with Gasteiger partial charge < -0.3 is 14.4 Å². The third kappa shape index (κ3) is 3.73. The molecule has 108 valence electrons. The molecule has 0 radical (unpaired) electrons. The molecule has 1 aliphatic rings. The van der Waals surface area contributed by atoms with E-state index in [1.807, 2.05) is 24.3 Å². The molecule has 0 N–H and O–H groups in total. The van der Waals surface area contributed by atoms with Crippen molar-refractivity contribution in [2.75, 3.05) is 26.8 Å². The Morgan fingerprint density at radius 2 is 1.85 bits per heavy atom. The highest BCUT2D eigenvalue weighted by Crippen LogP contribution is 2.25. The highest BCUT2D eigenvalue weighted by molar-refractivity contribution is 5.83. The van der Waals surface area contributed by atoms with E-state index >= 15 is 0 Å². The molecule has 0 aromatic heterocycles. The van der Waals surface area contributed by atoms with Gasteiger partial charge in [0.25, 0.3) is 0 Å². The number of ether oxygens (including phenoxy) is 2. The minimum absolute atomic E-state index is 0.0346. The molecule has 1 amide bonds. The summed E-state index contributed by atoms with van der Waals surface area (Å²) in [4.78, 5) is 24.8. The second-order valence-corrected chi connectivity index (χ2v) is 4.67. The number of hydrogen-bond acceptors (Lipinski definition) is 4. The van der Waals surface area contributed by atoms with Gasteiger partial charge in [0.2, 0.25) is 5.91 Å². The minimum Gasteiger partial charge on any atom is -0.493 e. The number of para-hydroxylation sites is 2. The molecule has 0 bridgehead atoms. The van der Waals surface area contributed by atoms with Crippen LogP contribution in [0.1, 0.15) is 19.3 Å². The van der Waals surface area contributed by atoms with Gasteiger partial charge in [-0.15, -0.1) is 0 Å². The maximum absolute atomic E-state index is 12.0. The summed E-state index contributed by atoms with van der Waals surface area (Å²) >= 11 is 0. The maximum Gasteiger partial charge on any atom is 0.226 e. The smallest absolute Gasteiger partial charge is 0.226 e. The van der Waals surface area contributed by atoms with Gasteiger partial charge in [0, 0.05) is 25.9 Å². The Bertz CT molecular complexity index is 477. The van der Waals surface area contributed by atoms with Crippen LogP contribution in [0.5, 0.6) is 11.5 Å². The van der Waals surface area contributed by atoms with Gasteiger partial charge in [0.1, 0.15) is 5.78 Å². The molecule has 2 rings (SSSR count). The Hall–Kier alpha value is -2.04. The predicted molar refractivity (Wildman–Crippen MR) is 73.9 cm³/mol. The fourth-order valence-corrected chi connectivity index (χ4v) is 2.15. The predicted octanol–water partition coefficient (Wildman–Crippen LogP) is 1.66. The average Bonchev–Trinajstić information content (AvgIpc) is 2.48. The van der Waals surface area contributed by atoms with Crippen molar-refractivity contribution < 1.29 is 19.1 Å². The van der Waals surface area contributed by atoms with Crippen molar-refractivity contribution in [2.24, 2.45) is 0 Å². The summed E-state index contributed by atoms with van der Waals surface area (Å²) < 4.78 is 10.7. The summed E-state index contributed by atoms with van der Waals surface area (Å²) in [5.41, 5.74) is 0. The SMILES string of the molecule is COc1ccccc1OCCC(=O)N1CCC(=O)CC1. The van der Waals surface area contributed by atoms with Crippen LogP contribution < -0.4 is 9.47 Å². The van der Waals surface area contributed by atoms with Crippen molar-refractivity contribution in [3.63, 3.8) is 0 Å². The van der Waals surface area contributed by atoms with Crippen molar-refractivity contribution in [1.82, 2.24) is 4.90 Å². The molecule has 0 spiro atoms. The van der Waals surface area contributed by atoms with Gasteiger partial charge in [-0.2, -0.15) is 0 Å². The van der Waals surface area contributed by atoms with Gasteiger partial charge in [0.05, 0.1) is 20.1 Å². The molecular formula is C15H19NO4. The van der Waals surface area contributed by atoms with Crippen LogP contribution in [-0.2, 0) is 9.59 Å². The second kappa shape index (κ2) is 6.93. The molecular weight excluding hydrogens is 258 g/mol. The molecule has 5 heteroatoms. The highest BCUT2D eigenvalue weighted by Gasteiger charge is 2.20. The van der Waals surface area contributed by atoms with E-state index in [4.69, 9.17) is 9.47 Å². The van der Waals surface area contributed by atoms with E-state index in [1.165, 1.54) is 0 Å². The normalized spacial score (nSPS) is 15.1. The number of likely N-dealkylation sites (tertiary alicyclic amines) is 1. The zero-order valence-corrected chi connectivity index (χ0v) is 11.6. The van der Waals surface area contributed by atoms with Crippen LogP contribution in [0.2, 0.25) is 0 Å². The Kier molecular flexibility index (Phi) is 4.98. The summed E-state index contributed by atoms with van der Waals surface area (Å²) in [7, 11) is 1.58. The number of nitrogens with zero attached hydrogens (tertiary/aromatic N) is 1. The third-order valence-corrected chi connectivity index (χ3v) is 3.32. The van der Waals surface area contributed by atoms with Crippen LogP contribution in [-0.4, -0.2) is 43.4 Å². The largest absolute Gasteiger partial charge is 0.493 e. The molecule has 1 heterocycles. The first-order valence-corrected chi connectivity index (χ1v) is 6.76. The summed E-state index contributed by atoms with van der Waals surface area (Å²) in [6, 6.07) is 7.34. The van der Waals surface area contributed by atoms with Crippen molar-refractivity contribution in [2.45, 2.75) is 19.3 Å². The van der Waals surface area contributed by atoms with Gasteiger partial charge in [-0.3, -0.25) is 9.59 Å². The quantitative estimate of drug-likeness (QED) is 0.821. The van der Waals surface area contributed by atoms with Crippen LogP contribution in [0.3, 0.4) is 0 Å². The number of ketones is 1. The van der Waals surface area contributed by atoms with E-state index in [2.05, 4.69) is 0 Å². The number of carbonyl (C=O) groups excluding carboxylic acids is 2. The standard InChI is InChI=1S/C15H19NO4/c1-19-13-4-2-3-5-14(13)20-11-8-15(18)16-9-6-12(17)7-10-16/h2-5H,6-11H2,1H3. The zero-order chi connectivity index (χ0) is 14.4. The number of hydrogen-bond donors (Lipinski definition) is 0. The minimum atomic E-state index is 0.0346. The lowest BCUT2D eigenvalue weighted by Gasteiger charge is -2.26. The Balaban J connectivity index is 1.78. The van der Waals surface area contributed by atoms with Gasteiger partial charge in [-0.25, -0.2) is 0 Å². The summed E-state index contributed by atoms with van der Waals surface area (Å²) in [5, 5.41) is 0. The highest BCUT2D eigenvalue weighted by atomic mass is 16.5. The van der Waals surface area contributed by atoms with Crippen LogP contribution in [0.4, 0.5) is 0 Å². The molecule has 1 saturated heterocycles. The average molecular weight is 277 g/mol. The fraction of sp³-hybridized carbons (Fsp3) is 0.467. The molecule has 0 aliphatic carbocycles. The summed E-state index contributed by atoms with van der Waals surface area (Å²) in [6.07, 6.45) is 1.25. The van der Waals surface area contributed by atoms with Crippen molar-refractivity contribution >= 4 is 11.7 Å². The summed E-state index contributed by atoms with van der Waals surface area (Å²) in [5.74, 6) is 1.56. The maximum atomic E-state index is 12.0. The van der Waals surface area contributed by atoms with E-state index in [9.17, 15) is 9.59 Å².